The maximum Gasteiger partial charge on any atom is 0.301 e. The number of non-ortho nitro benzene ring substituents is 1. The lowest BCUT2D eigenvalue weighted by Gasteiger charge is -2.07. The van der Waals surface area contributed by atoms with Crippen molar-refractivity contribution in [1.82, 2.24) is 4.57 Å². The van der Waals surface area contributed by atoms with Crippen LogP contribution >= 0.6 is 0 Å². The van der Waals surface area contributed by atoms with E-state index in [1.165, 1.54) is 12.1 Å². The fourth-order valence-electron chi connectivity index (χ4n) is 2.81. The average molecular weight is 383 g/mol. The van der Waals surface area contributed by atoms with Crippen molar-refractivity contribution in [2.45, 2.75) is 20.4 Å². The van der Waals surface area contributed by atoms with Crippen LogP contribution < -0.4 is 5.43 Å². The van der Waals surface area contributed by atoms with Crippen molar-refractivity contribution in [3.05, 3.63) is 85.6 Å². The number of hydrogen-bond acceptors (Lipinski definition) is 7. The molecule has 1 N–H and O–H groups in total. The summed E-state index contributed by atoms with van der Waals surface area (Å²) < 4.78 is 7.44. The first-order valence-corrected chi connectivity index (χ1v) is 8.28. The van der Waals surface area contributed by atoms with E-state index in [1.807, 2.05) is 32.0 Å². The number of anilines is 1. The number of nitrogens with one attached hydrogen (secondary N) is 1. The number of hydrazone groups is 1. The number of aromatic nitrogens is 1. The second kappa shape index (κ2) is 7.74. The van der Waals surface area contributed by atoms with Crippen LogP contribution in [0.3, 0.4) is 0 Å². The van der Waals surface area contributed by atoms with E-state index in [-0.39, 0.29) is 11.4 Å². The van der Waals surface area contributed by atoms with Crippen LogP contribution in [0, 0.1) is 34.1 Å². The molecule has 0 amide bonds. The molecule has 0 spiro atoms. The molecular formula is C18H17N5O5. The first-order valence-electron chi connectivity index (χ1n) is 8.28. The molecule has 2 heterocycles. The Labute approximate surface area is 159 Å². The van der Waals surface area contributed by atoms with Gasteiger partial charge in [-0.05, 0) is 38.1 Å². The quantitative estimate of drug-likeness (QED) is 0.373. The van der Waals surface area contributed by atoms with Gasteiger partial charge in [0.2, 0.25) is 0 Å². The minimum Gasteiger partial charge on any atom is -0.467 e. The molecule has 0 saturated heterocycles. The van der Waals surface area contributed by atoms with Gasteiger partial charge in [-0.2, -0.15) is 5.10 Å². The lowest BCUT2D eigenvalue weighted by molar-refractivity contribution is -0.393. The third-order valence-electron chi connectivity index (χ3n) is 4.28. The number of nitrogens with zero attached hydrogens (tertiary/aromatic N) is 4. The summed E-state index contributed by atoms with van der Waals surface area (Å²) in [5.41, 5.74) is 4.68. The zero-order chi connectivity index (χ0) is 20.3. The molecule has 0 saturated carbocycles. The normalized spacial score (nSPS) is 11.1. The van der Waals surface area contributed by atoms with Gasteiger partial charge >= 0.3 is 5.69 Å². The Morgan fingerprint density at radius 1 is 1.18 bits per heavy atom. The number of aryl methyl sites for hydroxylation is 1. The Balaban J connectivity index is 1.80. The second-order valence-electron chi connectivity index (χ2n) is 6.08. The summed E-state index contributed by atoms with van der Waals surface area (Å²) in [7, 11) is 0. The number of furan rings is 1. The SMILES string of the molecule is Cc1cc(/C=N\Nc2ccc([N+](=O)[O-])cc2[N+](=O)[O-])c(C)n1Cc1ccco1. The average Bonchev–Trinajstić information content (AvgIpc) is 3.26. The largest absolute Gasteiger partial charge is 0.467 e. The number of hydrogen-bond donors (Lipinski definition) is 1. The summed E-state index contributed by atoms with van der Waals surface area (Å²) >= 11 is 0. The molecule has 3 aromatic rings. The molecule has 0 radical (unpaired) electrons. The van der Waals surface area contributed by atoms with Crippen molar-refractivity contribution in [2.75, 3.05) is 5.43 Å². The van der Waals surface area contributed by atoms with Crippen molar-refractivity contribution in [2.24, 2.45) is 5.10 Å². The molecule has 0 unspecified atom stereocenters. The molecule has 0 aliphatic rings. The molecule has 3 rings (SSSR count). The maximum absolute atomic E-state index is 11.2. The van der Waals surface area contributed by atoms with E-state index in [0.29, 0.717) is 6.54 Å². The summed E-state index contributed by atoms with van der Waals surface area (Å²) in [6, 6.07) is 8.99. The van der Waals surface area contributed by atoms with Crippen molar-refractivity contribution in [3.63, 3.8) is 0 Å². The number of nitro groups is 2. The molecule has 0 aliphatic carbocycles. The van der Waals surface area contributed by atoms with Gasteiger partial charge in [-0.1, -0.05) is 0 Å². The zero-order valence-corrected chi connectivity index (χ0v) is 15.2. The predicted octanol–water partition coefficient (Wildman–Crippen LogP) is 4.01. The van der Waals surface area contributed by atoms with Crippen molar-refractivity contribution < 1.29 is 14.3 Å². The fraction of sp³-hybridized carbons (Fsp3) is 0.167. The van der Waals surface area contributed by atoms with Gasteiger partial charge in [-0.15, -0.1) is 0 Å². The summed E-state index contributed by atoms with van der Waals surface area (Å²) in [5.74, 6) is 0.824. The third-order valence-corrected chi connectivity index (χ3v) is 4.28. The second-order valence-corrected chi connectivity index (χ2v) is 6.08. The van der Waals surface area contributed by atoms with Gasteiger partial charge in [0.1, 0.15) is 11.4 Å². The number of benzene rings is 1. The van der Waals surface area contributed by atoms with Crippen LogP contribution in [0.15, 0.2) is 52.2 Å². The topological polar surface area (TPSA) is 129 Å². The Morgan fingerprint density at radius 3 is 2.61 bits per heavy atom. The zero-order valence-electron chi connectivity index (χ0n) is 15.2. The Hall–Kier alpha value is -3.95. The number of rotatable bonds is 7. The molecule has 0 bridgehead atoms. The van der Waals surface area contributed by atoms with Crippen molar-refractivity contribution in [3.8, 4) is 0 Å². The van der Waals surface area contributed by atoms with Gasteiger partial charge in [0, 0.05) is 23.0 Å². The van der Waals surface area contributed by atoms with Crippen LogP contribution in [0.1, 0.15) is 22.7 Å². The highest BCUT2D eigenvalue weighted by Gasteiger charge is 2.19. The van der Waals surface area contributed by atoms with Gasteiger partial charge in [0.05, 0.1) is 34.9 Å². The summed E-state index contributed by atoms with van der Waals surface area (Å²) in [6.45, 7) is 4.48. The standard InChI is InChI=1S/C18H17N5O5/c1-12-8-14(13(2)21(12)11-16-4-3-7-28-16)10-19-20-17-6-5-15(22(24)25)9-18(17)23(26)27/h3-10,20H,11H2,1-2H3/b19-10-. The van der Waals surface area contributed by atoms with Crippen LogP contribution in [0.25, 0.3) is 0 Å². The molecule has 10 nitrogen and oxygen atoms in total. The minimum atomic E-state index is -0.694. The minimum absolute atomic E-state index is 0.0660. The van der Waals surface area contributed by atoms with Crippen LogP contribution in [-0.4, -0.2) is 20.6 Å². The van der Waals surface area contributed by atoms with E-state index in [0.717, 1.165) is 28.8 Å². The van der Waals surface area contributed by atoms with E-state index >= 15 is 0 Å². The Bertz CT molecular complexity index is 1050. The molecule has 0 fully saturated rings. The number of nitro benzene ring substituents is 2. The van der Waals surface area contributed by atoms with E-state index in [1.54, 1.807) is 12.5 Å². The Morgan fingerprint density at radius 2 is 1.96 bits per heavy atom. The van der Waals surface area contributed by atoms with Gasteiger partial charge in [0.25, 0.3) is 5.69 Å². The first kappa shape index (κ1) is 18.8. The van der Waals surface area contributed by atoms with Crippen LogP contribution in [0.2, 0.25) is 0 Å². The van der Waals surface area contributed by atoms with Gasteiger partial charge < -0.3 is 8.98 Å². The maximum atomic E-state index is 11.2. The molecule has 1 aromatic carbocycles. The van der Waals surface area contributed by atoms with E-state index in [2.05, 4.69) is 15.1 Å². The Kier molecular flexibility index (Phi) is 5.21. The molecule has 0 atom stereocenters. The van der Waals surface area contributed by atoms with Gasteiger partial charge in [-0.3, -0.25) is 25.7 Å². The monoisotopic (exact) mass is 383 g/mol. The van der Waals surface area contributed by atoms with E-state index in [4.69, 9.17) is 4.42 Å². The van der Waals surface area contributed by atoms with Crippen molar-refractivity contribution in [1.29, 1.82) is 0 Å². The highest BCUT2D eigenvalue weighted by Crippen LogP contribution is 2.29. The first-order chi connectivity index (χ1) is 13.4. The highest BCUT2D eigenvalue weighted by molar-refractivity contribution is 5.82. The lowest BCUT2D eigenvalue weighted by atomic mass is 10.2. The molecular weight excluding hydrogens is 366 g/mol. The van der Waals surface area contributed by atoms with Gasteiger partial charge in [-0.25, -0.2) is 0 Å². The fourth-order valence-corrected chi connectivity index (χ4v) is 2.81. The molecule has 0 aliphatic heterocycles. The van der Waals surface area contributed by atoms with E-state index in [9.17, 15) is 20.2 Å². The molecule has 144 valence electrons. The summed E-state index contributed by atoms with van der Waals surface area (Å²) in [5, 5.41) is 26.0. The van der Waals surface area contributed by atoms with Crippen LogP contribution in [-0.2, 0) is 6.54 Å². The molecule has 28 heavy (non-hydrogen) atoms. The predicted molar refractivity (Wildman–Crippen MR) is 103 cm³/mol. The summed E-state index contributed by atoms with van der Waals surface area (Å²) in [6.07, 6.45) is 3.17. The van der Waals surface area contributed by atoms with Gasteiger partial charge in [0.15, 0.2) is 0 Å². The lowest BCUT2D eigenvalue weighted by Crippen LogP contribution is -2.03. The highest BCUT2D eigenvalue weighted by atomic mass is 16.6. The third kappa shape index (κ3) is 3.90. The van der Waals surface area contributed by atoms with E-state index < -0.39 is 15.5 Å². The van der Waals surface area contributed by atoms with Crippen LogP contribution in [0.5, 0.6) is 0 Å². The molecule has 10 heteroatoms. The molecule has 2 aromatic heterocycles. The van der Waals surface area contributed by atoms with Crippen molar-refractivity contribution >= 4 is 23.3 Å². The summed E-state index contributed by atoms with van der Waals surface area (Å²) in [4.78, 5) is 20.6. The smallest absolute Gasteiger partial charge is 0.301 e. The van der Waals surface area contributed by atoms with Crippen LogP contribution in [0.4, 0.5) is 17.1 Å².